The van der Waals surface area contributed by atoms with Crippen LogP contribution in [0, 0.1) is 17.7 Å². The van der Waals surface area contributed by atoms with E-state index in [2.05, 4.69) is 4.72 Å². The van der Waals surface area contributed by atoms with Crippen LogP contribution in [0.5, 0.6) is 5.75 Å². The summed E-state index contributed by atoms with van der Waals surface area (Å²) in [7, 11) is -2.48. The van der Waals surface area contributed by atoms with Crippen LogP contribution in [0.2, 0.25) is 0 Å². The van der Waals surface area contributed by atoms with Gasteiger partial charge in [0.05, 0.1) is 17.7 Å². The van der Waals surface area contributed by atoms with Crippen LogP contribution in [0.4, 0.5) is 10.1 Å². The number of halogens is 1. The molecule has 21 heavy (non-hydrogen) atoms. The summed E-state index contributed by atoms with van der Waals surface area (Å²) in [6.07, 6.45) is 4.23. The van der Waals surface area contributed by atoms with Crippen LogP contribution in [0.3, 0.4) is 0 Å². The van der Waals surface area contributed by atoms with E-state index >= 15 is 0 Å². The van der Waals surface area contributed by atoms with Gasteiger partial charge in [0.2, 0.25) is 10.0 Å². The largest absolute Gasteiger partial charge is 0.492 e. The van der Waals surface area contributed by atoms with Gasteiger partial charge in [0.15, 0.2) is 11.6 Å². The van der Waals surface area contributed by atoms with Crippen LogP contribution in [-0.2, 0) is 10.0 Å². The molecule has 0 spiro atoms. The molecular weight excluding hydrogens is 295 g/mol. The molecule has 0 bridgehead atoms. The maximum Gasteiger partial charge on any atom is 0.241 e. The fourth-order valence-electron chi connectivity index (χ4n) is 2.69. The number of hydrogen-bond donors (Lipinski definition) is 2. The zero-order valence-corrected chi connectivity index (χ0v) is 12.6. The summed E-state index contributed by atoms with van der Waals surface area (Å²) >= 11 is 0. The van der Waals surface area contributed by atoms with E-state index in [9.17, 15) is 12.8 Å². The van der Waals surface area contributed by atoms with Crippen molar-refractivity contribution in [3.05, 3.63) is 17.9 Å². The predicted molar refractivity (Wildman–Crippen MR) is 76.9 cm³/mol. The van der Waals surface area contributed by atoms with Gasteiger partial charge in [0, 0.05) is 6.04 Å². The first kappa shape index (κ1) is 14.6. The lowest BCUT2D eigenvalue weighted by molar-refractivity contribution is 0.388. The average molecular weight is 314 g/mol. The van der Waals surface area contributed by atoms with E-state index in [0.29, 0.717) is 11.8 Å². The van der Waals surface area contributed by atoms with Crippen LogP contribution in [0.15, 0.2) is 17.0 Å². The van der Waals surface area contributed by atoms with E-state index in [0.717, 1.165) is 31.7 Å². The van der Waals surface area contributed by atoms with Crippen LogP contribution in [0.25, 0.3) is 0 Å². The van der Waals surface area contributed by atoms with Gasteiger partial charge < -0.3 is 10.5 Å². The summed E-state index contributed by atoms with van der Waals surface area (Å²) < 4.78 is 46.2. The summed E-state index contributed by atoms with van der Waals surface area (Å²) in [6, 6.07) is 2.16. The molecule has 0 heterocycles. The second-order valence-corrected chi connectivity index (χ2v) is 7.56. The highest BCUT2D eigenvalue weighted by molar-refractivity contribution is 7.89. The first-order valence-electron chi connectivity index (χ1n) is 7.07. The van der Waals surface area contributed by atoms with E-state index in [1.165, 1.54) is 13.2 Å². The molecular formula is C14H19FN2O3S. The van der Waals surface area contributed by atoms with Crippen molar-refractivity contribution < 1.29 is 17.5 Å². The van der Waals surface area contributed by atoms with Crippen molar-refractivity contribution in [1.82, 2.24) is 4.72 Å². The van der Waals surface area contributed by atoms with E-state index in [4.69, 9.17) is 10.5 Å². The van der Waals surface area contributed by atoms with Gasteiger partial charge in [0.25, 0.3) is 0 Å². The Kier molecular flexibility index (Phi) is 3.57. The minimum atomic E-state index is -3.77. The number of anilines is 1. The summed E-state index contributed by atoms with van der Waals surface area (Å²) in [4.78, 5) is -0.149. The maximum atomic E-state index is 13.8. The molecule has 3 N–H and O–H groups in total. The Morgan fingerprint density at radius 3 is 2.29 bits per heavy atom. The highest BCUT2D eigenvalue weighted by Gasteiger charge is 2.43. The van der Waals surface area contributed by atoms with Gasteiger partial charge in [0.1, 0.15) is 0 Å². The molecule has 0 saturated heterocycles. The third-order valence-electron chi connectivity index (χ3n) is 4.11. The molecule has 0 atom stereocenters. The van der Waals surface area contributed by atoms with Crippen molar-refractivity contribution in [2.24, 2.45) is 11.8 Å². The number of methoxy groups -OCH3 is 1. The van der Waals surface area contributed by atoms with Crippen molar-refractivity contribution in [1.29, 1.82) is 0 Å². The van der Waals surface area contributed by atoms with E-state index in [-0.39, 0.29) is 22.4 Å². The molecule has 2 fully saturated rings. The SMILES string of the molecule is COc1c(N)cc(S(=O)(=O)NC(C2CC2)C2CC2)cc1F. The lowest BCUT2D eigenvalue weighted by Crippen LogP contribution is -2.38. The Balaban J connectivity index is 1.87. The normalized spacial score (nSPS) is 19.0. The lowest BCUT2D eigenvalue weighted by Gasteiger charge is -2.18. The topological polar surface area (TPSA) is 81.4 Å². The van der Waals surface area contributed by atoms with Gasteiger partial charge in [-0.15, -0.1) is 0 Å². The number of hydrogen-bond acceptors (Lipinski definition) is 4. The third-order valence-corrected chi connectivity index (χ3v) is 5.55. The first-order chi connectivity index (χ1) is 9.92. The van der Waals surface area contributed by atoms with Crippen LogP contribution >= 0.6 is 0 Å². The van der Waals surface area contributed by atoms with Crippen LogP contribution < -0.4 is 15.2 Å². The van der Waals surface area contributed by atoms with Crippen molar-refractivity contribution in [2.45, 2.75) is 36.6 Å². The van der Waals surface area contributed by atoms with Gasteiger partial charge >= 0.3 is 0 Å². The number of ether oxygens (including phenoxy) is 1. The lowest BCUT2D eigenvalue weighted by atomic mass is 10.1. The smallest absolute Gasteiger partial charge is 0.241 e. The molecule has 7 heteroatoms. The minimum Gasteiger partial charge on any atom is -0.492 e. The number of sulfonamides is 1. The van der Waals surface area contributed by atoms with Gasteiger partial charge in [-0.3, -0.25) is 0 Å². The molecule has 2 aliphatic carbocycles. The maximum absolute atomic E-state index is 13.8. The van der Waals surface area contributed by atoms with Crippen LogP contribution in [-0.4, -0.2) is 21.6 Å². The minimum absolute atomic E-state index is 0.0210. The fraction of sp³-hybridized carbons (Fsp3) is 0.571. The van der Waals surface area contributed by atoms with E-state index in [1.54, 1.807) is 0 Å². The Labute approximate surface area is 123 Å². The summed E-state index contributed by atoms with van der Waals surface area (Å²) in [5.74, 6) is -0.0532. The fourth-order valence-corrected chi connectivity index (χ4v) is 4.11. The molecule has 0 aliphatic heterocycles. The Hall–Kier alpha value is -1.34. The summed E-state index contributed by atoms with van der Waals surface area (Å²) in [5, 5.41) is 0. The molecule has 0 aromatic heterocycles. The molecule has 0 amide bonds. The van der Waals surface area contributed by atoms with Gasteiger partial charge in [-0.05, 0) is 49.7 Å². The number of nitrogens with two attached hydrogens (primary N) is 1. The second kappa shape index (κ2) is 5.14. The molecule has 5 nitrogen and oxygen atoms in total. The molecule has 3 rings (SSSR count). The molecule has 2 saturated carbocycles. The molecule has 0 radical (unpaired) electrons. The van der Waals surface area contributed by atoms with Crippen LogP contribution in [0.1, 0.15) is 25.7 Å². The Morgan fingerprint density at radius 2 is 1.86 bits per heavy atom. The second-order valence-electron chi connectivity index (χ2n) is 5.85. The van der Waals surface area contributed by atoms with Crippen molar-refractivity contribution in [3.8, 4) is 5.75 Å². The standard InChI is InChI=1S/C14H19FN2O3S/c1-20-14-11(15)6-10(7-12(14)16)21(18,19)17-13(8-2-3-8)9-4-5-9/h6-9,13,17H,2-5,16H2,1H3. The van der Waals surface area contributed by atoms with Crippen molar-refractivity contribution in [2.75, 3.05) is 12.8 Å². The Morgan fingerprint density at radius 1 is 1.29 bits per heavy atom. The number of benzene rings is 1. The summed E-state index contributed by atoms with van der Waals surface area (Å²) in [6.45, 7) is 0. The van der Waals surface area contributed by atoms with Gasteiger partial charge in [-0.2, -0.15) is 0 Å². The molecule has 2 aliphatic rings. The number of nitrogen functional groups attached to an aromatic ring is 1. The molecule has 116 valence electrons. The molecule has 1 aromatic carbocycles. The molecule has 1 aromatic rings. The zero-order valence-electron chi connectivity index (χ0n) is 11.8. The molecule has 0 unspecified atom stereocenters. The quantitative estimate of drug-likeness (QED) is 0.786. The van der Waals surface area contributed by atoms with Crippen molar-refractivity contribution in [3.63, 3.8) is 0 Å². The van der Waals surface area contributed by atoms with Gasteiger partial charge in [-0.1, -0.05) is 0 Å². The highest BCUT2D eigenvalue weighted by Crippen LogP contribution is 2.45. The monoisotopic (exact) mass is 314 g/mol. The van der Waals surface area contributed by atoms with Gasteiger partial charge in [-0.25, -0.2) is 17.5 Å². The number of rotatable bonds is 6. The van der Waals surface area contributed by atoms with Crippen molar-refractivity contribution >= 4 is 15.7 Å². The predicted octanol–water partition coefficient (Wildman–Crippen LogP) is 1.88. The number of nitrogens with one attached hydrogen (secondary N) is 1. The first-order valence-corrected chi connectivity index (χ1v) is 8.56. The third kappa shape index (κ3) is 2.98. The average Bonchev–Trinajstić information content (AvgIpc) is 3.27. The zero-order chi connectivity index (χ0) is 15.2. The van der Waals surface area contributed by atoms with E-state index < -0.39 is 15.8 Å². The van der Waals surface area contributed by atoms with E-state index in [1.807, 2.05) is 0 Å². The Bertz CT molecular complexity index is 619. The highest BCUT2D eigenvalue weighted by atomic mass is 32.2. The summed E-state index contributed by atoms with van der Waals surface area (Å²) in [5.41, 5.74) is 5.63.